The van der Waals surface area contributed by atoms with Gasteiger partial charge >= 0.3 is 0 Å². The maximum atomic E-state index is 11.7. The van der Waals surface area contributed by atoms with Crippen LogP contribution in [0.25, 0.3) is 0 Å². The van der Waals surface area contributed by atoms with Crippen molar-refractivity contribution in [3.63, 3.8) is 0 Å². The molecule has 1 fully saturated rings. The molecule has 0 radical (unpaired) electrons. The Kier molecular flexibility index (Phi) is 4.60. The Morgan fingerprint density at radius 3 is 2.95 bits per heavy atom. The molecule has 19 heavy (non-hydrogen) atoms. The Morgan fingerprint density at radius 2 is 2.26 bits per heavy atom. The highest BCUT2D eigenvalue weighted by Crippen LogP contribution is 2.23. The van der Waals surface area contributed by atoms with Crippen molar-refractivity contribution in [2.24, 2.45) is 5.92 Å². The fourth-order valence-corrected chi connectivity index (χ4v) is 2.50. The second-order valence-corrected chi connectivity index (χ2v) is 5.23. The number of furan rings is 1. The Balaban J connectivity index is 1.71. The summed E-state index contributed by atoms with van der Waals surface area (Å²) in [4.78, 5) is 23.3. The Morgan fingerprint density at radius 1 is 1.42 bits per heavy atom. The number of rotatable bonds is 4. The van der Waals surface area contributed by atoms with E-state index >= 15 is 0 Å². The quantitative estimate of drug-likeness (QED) is 0.869. The molecule has 0 spiro atoms. The van der Waals surface area contributed by atoms with Gasteiger partial charge in [0.1, 0.15) is 6.26 Å². The third-order valence-corrected chi connectivity index (χ3v) is 3.49. The minimum atomic E-state index is -0.291. The number of nitrogens with one attached hydrogen (secondary N) is 2. The molecular formula is C14H20N2O3. The molecule has 0 aromatic carbocycles. The maximum Gasteiger partial charge on any atom is 0.254 e. The molecule has 0 aliphatic heterocycles. The van der Waals surface area contributed by atoms with Gasteiger partial charge in [0, 0.05) is 6.04 Å². The number of hydrogen-bond acceptors (Lipinski definition) is 3. The molecule has 2 rings (SSSR count). The zero-order valence-electron chi connectivity index (χ0n) is 11.1. The number of amides is 2. The lowest BCUT2D eigenvalue weighted by molar-refractivity contribution is -0.121. The summed E-state index contributed by atoms with van der Waals surface area (Å²) in [5.41, 5.74) is 0.430. The fraction of sp³-hybridized carbons (Fsp3) is 0.571. The van der Waals surface area contributed by atoms with Crippen LogP contribution in [0, 0.1) is 5.92 Å². The van der Waals surface area contributed by atoms with Crippen LogP contribution < -0.4 is 10.6 Å². The summed E-state index contributed by atoms with van der Waals surface area (Å²) in [6, 6.07) is 1.82. The first-order valence-corrected chi connectivity index (χ1v) is 6.75. The van der Waals surface area contributed by atoms with Gasteiger partial charge in [0.25, 0.3) is 5.91 Å². The lowest BCUT2D eigenvalue weighted by Gasteiger charge is -2.27. The fourth-order valence-electron chi connectivity index (χ4n) is 2.50. The lowest BCUT2D eigenvalue weighted by Crippen LogP contribution is -2.43. The molecule has 2 N–H and O–H groups in total. The average molecular weight is 264 g/mol. The van der Waals surface area contributed by atoms with Gasteiger partial charge in [-0.2, -0.15) is 0 Å². The van der Waals surface area contributed by atoms with Crippen molar-refractivity contribution in [3.05, 3.63) is 24.2 Å². The van der Waals surface area contributed by atoms with E-state index in [-0.39, 0.29) is 24.4 Å². The van der Waals surface area contributed by atoms with Crippen molar-refractivity contribution >= 4 is 11.8 Å². The summed E-state index contributed by atoms with van der Waals surface area (Å²) >= 11 is 0. The molecule has 1 saturated carbocycles. The number of carbonyl (C=O) groups excluding carboxylic acids is 2. The second kappa shape index (κ2) is 6.41. The highest BCUT2D eigenvalue weighted by atomic mass is 16.3. The van der Waals surface area contributed by atoms with Crippen LogP contribution in [-0.4, -0.2) is 24.4 Å². The van der Waals surface area contributed by atoms with Crippen molar-refractivity contribution in [3.8, 4) is 0 Å². The van der Waals surface area contributed by atoms with Crippen molar-refractivity contribution in [2.45, 2.75) is 38.6 Å². The first kappa shape index (κ1) is 13.6. The van der Waals surface area contributed by atoms with Crippen molar-refractivity contribution in [1.82, 2.24) is 10.6 Å². The van der Waals surface area contributed by atoms with E-state index in [1.807, 2.05) is 0 Å². The van der Waals surface area contributed by atoms with Crippen LogP contribution in [0.4, 0.5) is 0 Å². The summed E-state index contributed by atoms with van der Waals surface area (Å²) in [7, 11) is 0. The van der Waals surface area contributed by atoms with Crippen LogP contribution in [0.1, 0.15) is 43.0 Å². The molecule has 0 saturated heterocycles. The van der Waals surface area contributed by atoms with Crippen molar-refractivity contribution < 1.29 is 14.0 Å². The first-order valence-electron chi connectivity index (χ1n) is 6.75. The minimum Gasteiger partial charge on any atom is -0.472 e. The number of carbonyl (C=O) groups is 2. The van der Waals surface area contributed by atoms with Crippen LogP contribution in [-0.2, 0) is 4.79 Å². The van der Waals surface area contributed by atoms with Gasteiger partial charge in [-0.05, 0) is 24.8 Å². The number of hydrogen-bond donors (Lipinski definition) is 2. The van der Waals surface area contributed by atoms with E-state index < -0.39 is 0 Å². The van der Waals surface area contributed by atoms with E-state index in [1.165, 1.54) is 18.9 Å². The van der Waals surface area contributed by atoms with Crippen LogP contribution in [0.3, 0.4) is 0 Å². The highest BCUT2D eigenvalue weighted by molar-refractivity contribution is 5.96. The van der Waals surface area contributed by atoms with Crippen LogP contribution in [0.2, 0.25) is 0 Å². The van der Waals surface area contributed by atoms with E-state index in [1.54, 1.807) is 6.07 Å². The van der Waals surface area contributed by atoms with Gasteiger partial charge in [-0.3, -0.25) is 9.59 Å². The summed E-state index contributed by atoms with van der Waals surface area (Å²) in [6.07, 6.45) is 7.25. The van der Waals surface area contributed by atoms with E-state index in [0.29, 0.717) is 11.5 Å². The van der Waals surface area contributed by atoms with Gasteiger partial charge in [0.15, 0.2) is 0 Å². The monoisotopic (exact) mass is 264 g/mol. The molecule has 2 atom stereocenters. The molecule has 5 heteroatoms. The third-order valence-electron chi connectivity index (χ3n) is 3.49. The molecule has 5 nitrogen and oxygen atoms in total. The Hall–Kier alpha value is -1.78. The van der Waals surface area contributed by atoms with Gasteiger partial charge in [-0.1, -0.05) is 19.8 Å². The summed E-state index contributed by atoms with van der Waals surface area (Å²) in [5, 5.41) is 5.55. The van der Waals surface area contributed by atoms with Gasteiger partial charge in [0.05, 0.1) is 18.4 Å². The van der Waals surface area contributed by atoms with Gasteiger partial charge < -0.3 is 15.1 Å². The Bertz CT molecular complexity index is 428. The second-order valence-electron chi connectivity index (χ2n) is 5.23. The smallest absolute Gasteiger partial charge is 0.254 e. The normalized spacial score (nSPS) is 22.8. The largest absolute Gasteiger partial charge is 0.472 e. The van der Waals surface area contributed by atoms with Gasteiger partial charge in [-0.25, -0.2) is 0 Å². The molecule has 0 unspecified atom stereocenters. The van der Waals surface area contributed by atoms with Crippen molar-refractivity contribution in [1.29, 1.82) is 0 Å². The predicted molar refractivity (Wildman–Crippen MR) is 70.6 cm³/mol. The van der Waals surface area contributed by atoms with E-state index in [4.69, 9.17) is 4.42 Å². The van der Waals surface area contributed by atoms with E-state index in [2.05, 4.69) is 17.6 Å². The first-order chi connectivity index (χ1) is 9.15. The predicted octanol–water partition coefficient (Wildman–Crippen LogP) is 1.70. The summed E-state index contributed by atoms with van der Waals surface area (Å²) in [6.45, 7) is 2.22. The standard InChI is InChI=1S/C14H20N2O3/c1-10-3-2-4-12(7-10)16-13(17)8-15-14(18)11-5-6-19-9-11/h5-6,9-10,12H,2-4,7-8H2,1H3,(H,15,18)(H,16,17)/t10-,12+/m1/s1. The average Bonchev–Trinajstić information content (AvgIpc) is 2.90. The third kappa shape index (κ3) is 4.12. The topological polar surface area (TPSA) is 71.3 Å². The Labute approximate surface area is 112 Å². The molecule has 0 bridgehead atoms. The molecule has 1 aliphatic rings. The summed E-state index contributed by atoms with van der Waals surface area (Å²) in [5.74, 6) is 0.247. The molecular weight excluding hydrogens is 244 g/mol. The van der Waals surface area contributed by atoms with Crippen LogP contribution in [0.15, 0.2) is 23.0 Å². The molecule has 1 aromatic heterocycles. The van der Waals surface area contributed by atoms with Gasteiger partial charge in [-0.15, -0.1) is 0 Å². The SMILES string of the molecule is C[C@@H]1CCC[C@H](NC(=O)CNC(=O)c2ccoc2)C1. The molecule has 1 heterocycles. The molecule has 1 aliphatic carbocycles. The summed E-state index contributed by atoms with van der Waals surface area (Å²) < 4.78 is 4.81. The zero-order chi connectivity index (χ0) is 13.7. The lowest BCUT2D eigenvalue weighted by atomic mass is 9.87. The highest BCUT2D eigenvalue weighted by Gasteiger charge is 2.20. The van der Waals surface area contributed by atoms with E-state index in [9.17, 15) is 9.59 Å². The zero-order valence-corrected chi connectivity index (χ0v) is 11.1. The molecule has 1 aromatic rings. The molecule has 104 valence electrons. The maximum absolute atomic E-state index is 11.7. The molecule has 2 amide bonds. The van der Waals surface area contributed by atoms with Crippen LogP contribution >= 0.6 is 0 Å². The van der Waals surface area contributed by atoms with Gasteiger partial charge in [0.2, 0.25) is 5.91 Å². The van der Waals surface area contributed by atoms with Crippen molar-refractivity contribution in [2.75, 3.05) is 6.54 Å². The minimum absolute atomic E-state index is 0.00882. The van der Waals surface area contributed by atoms with E-state index in [0.717, 1.165) is 19.3 Å². The van der Waals surface area contributed by atoms with Crippen LogP contribution in [0.5, 0.6) is 0 Å².